The number of carboxylic acids is 1. The summed E-state index contributed by atoms with van der Waals surface area (Å²) in [6, 6.07) is 7.44. The van der Waals surface area contributed by atoms with Gasteiger partial charge in [-0.1, -0.05) is 11.6 Å². The monoisotopic (exact) mass is 292 g/mol. The third kappa shape index (κ3) is 3.61. The highest BCUT2D eigenvalue weighted by molar-refractivity contribution is 6.31. The van der Waals surface area contributed by atoms with E-state index in [4.69, 9.17) is 16.7 Å². The van der Waals surface area contributed by atoms with Crippen LogP contribution in [0.15, 0.2) is 30.5 Å². The molecule has 0 saturated carbocycles. The zero-order chi connectivity index (χ0) is 14.8. The van der Waals surface area contributed by atoms with Crippen molar-refractivity contribution >= 4 is 34.2 Å². The SMILES string of the molecule is CC(C)(CCC(=O)O)Nc1ccnc2cc(Cl)ccc12. The van der Waals surface area contributed by atoms with Crippen molar-refractivity contribution in [3.8, 4) is 0 Å². The zero-order valence-corrected chi connectivity index (χ0v) is 12.2. The molecule has 2 N–H and O–H groups in total. The van der Waals surface area contributed by atoms with Crippen LogP contribution in [-0.2, 0) is 4.79 Å². The van der Waals surface area contributed by atoms with Crippen molar-refractivity contribution in [1.82, 2.24) is 4.98 Å². The predicted octanol–water partition coefficient (Wildman–Crippen LogP) is 3.94. The summed E-state index contributed by atoms with van der Waals surface area (Å²) >= 11 is 5.96. The summed E-state index contributed by atoms with van der Waals surface area (Å²) in [6.45, 7) is 3.97. The topological polar surface area (TPSA) is 62.2 Å². The quantitative estimate of drug-likeness (QED) is 0.876. The first-order chi connectivity index (χ1) is 9.37. The fraction of sp³-hybridized carbons (Fsp3) is 0.333. The van der Waals surface area contributed by atoms with Crippen molar-refractivity contribution in [2.75, 3.05) is 5.32 Å². The lowest BCUT2D eigenvalue weighted by Gasteiger charge is -2.27. The van der Waals surface area contributed by atoms with Gasteiger partial charge in [-0.3, -0.25) is 9.78 Å². The number of benzene rings is 1. The highest BCUT2D eigenvalue weighted by Gasteiger charge is 2.19. The lowest BCUT2D eigenvalue weighted by molar-refractivity contribution is -0.137. The van der Waals surface area contributed by atoms with Gasteiger partial charge in [-0.05, 0) is 44.5 Å². The largest absolute Gasteiger partial charge is 0.481 e. The number of hydrogen-bond acceptors (Lipinski definition) is 3. The molecule has 106 valence electrons. The van der Waals surface area contributed by atoms with E-state index in [-0.39, 0.29) is 12.0 Å². The Kier molecular flexibility index (Phi) is 4.14. The van der Waals surface area contributed by atoms with Crippen LogP contribution in [0.25, 0.3) is 10.9 Å². The molecule has 20 heavy (non-hydrogen) atoms. The Labute approximate surface area is 122 Å². The van der Waals surface area contributed by atoms with Crippen LogP contribution in [0.3, 0.4) is 0 Å². The van der Waals surface area contributed by atoms with Crippen molar-refractivity contribution in [2.45, 2.75) is 32.2 Å². The van der Waals surface area contributed by atoms with Gasteiger partial charge in [0.05, 0.1) is 5.52 Å². The van der Waals surface area contributed by atoms with Crippen molar-refractivity contribution in [3.05, 3.63) is 35.5 Å². The average Bonchev–Trinajstić information content (AvgIpc) is 2.36. The molecule has 2 rings (SSSR count). The molecule has 1 aromatic carbocycles. The van der Waals surface area contributed by atoms with Crippen LogP contribution in [0.2, 0.25) is 5.02 Å². The molecular weight excluding hydrogens is 276 g/mol. The van der Waals surface area contributed by atoms with Crippen LogP contribution < -0.4 is 5.32 Å². The molecule has 4 nitrogen and oxygen atoms in total. The molecule has 0 saturated heterocycles. The molecule has 0 amide bonds. The second-order valence-corrected chi connectivity index (χ2v) is 5.86. The Bertz CT molecular complexity index is 641. The fourth-order valence-corrected chi connectivity index (χ4v) is 2.24. The number of fused-ring (bicyclic) bond motifs is 1. The number of hydrogen-bond donors (Lipinski definition) is 2. The Hall–Kier alpha value is -1.81. The molecule has 0 radical (unpaired) electrons. The van der Waals surface area contributed by atoms with Gasteiger partial charge in [0, 0.05) is 34.3 Å². The van der Waals surface area contributed by atoms with Crippen LogP contribution in [0, 0.1) is 0 Å². The predicted molar refractivity (Wildman–Crippen MR) is 81.3 cm³/mol. The van der Waals surface area contributed by atoms with Crippen LogP contribution >= 0.6 is 11.6 Å². The zero-order valence-electron chi connectivity index (χ0n) is 11.5. The normalized spacial score (nSPS) is 11.6. The first kappa shape index (κ1) is 14.6. The van der Waals surface area contributed by atoms with E-state index in [9.17, 15) is 4.79 Å². The number of anilines is 1. The smallest absolute Gasteiger partial charge is 0.303 e. The number of carbonyl (C=O) groups is 1. The van der Waals surface area contributed by atoms with Gasteiger partial charge >= 0.3 is 5.97 Å². The summed E-state index contributed by atoms with van der Waals surface area (Å²) in [7, 11) is 0. The van der Waals surface area contributed by atoms with Gasteiger partial charge in [0.15, 0.2) is 0 Å². The molecule has 0 bridgehead atoms. The van der Waals surface area contributed by atoms with E-state index in [2.05, 4.69) is 10.3 Å². The van der Waals surface area contributed by atoms with Crippen molar-refractivity contribution in [1.29, 1.82) is 0 Å². The Morgan fingerprint density at radius 2 is 2.15 bits per heavy atom. The lowest BCUT2D eigenvalue weighted by atomic mass is 9.97. The average molecular weight is 293 g/mol. The van der Waals surface area contributed by atoms with E-state index in [1.165, 1.54) is 0 Å². The Morgan fingerprint density at radius 1 is 1.40 bits per heavy atom. The van der Waals surface area contributed by atoms with Crippen LogP contribution in [0.5, 0.6) is 0 Å². The Balaban J connectivity index is 2.27. The summed E-state index contributed by atoms with van der Waals surface area (Å²) < 4.78 is 0. The minimum atomic E-state index is -0.786. The van der Waals surface area contributed by atoms with Gasteiger partial charge in [0.1, 0.15) is 0 Å². The number of aromatic nitrogens is 1. The fourth-order valence-electron chi connectivity index (χ4n) is 2.08. The van der Waals surface area contributed by atoms with E-state index < -0.39 is 5.97 Å². The first-order valence-corrected chi connectivity index (χ1v) is 6.79. The first-order valence-electron chi connectivity index (χ1n) is 6.42. The van der Waals surface area contributed by atoms with Gasteiger partial charge in [-0.15, -0.1) is 0 Å². The molecule has 0 fully saturated rings. The third-order valence-corrected chi connectivity index (χ3v) is 3.38. The summed E-state index contributed by atoms with van der Waals surface area (Å²) in [5, 5.41) is 13.8. The number of nitrogens with one attached hydrogen (secondary N) is 1. The van der Waals surface area contributed by atoms with E-state index in [0.717, 1.165) is 16.6 Å². The maximum absolute atomic E-state index is 10.7. The number of aliphatic carboxylic acids is 1. The number of pyridine rings is 1. The lowest BCUT2D eigenvalue weighted by Crippen LogP contribution is -2.31. The molecule has 1 aromatic heterocycles. The molecule has 2 aromatic rings. The van der Waals surface area contributed by atoms with Crippen LogP contribution in [0.4, 0.5) is 5.69 Å². The maximum atomic E-state index is 10.7. The summed E-state index contributed by atoms with van der Waals surface area (Å²) in [4.78, 5) is 15.0. The minimum absolute atomic E-state index is 0.134. The van der Waals surface area contributed by atoms with E-state index in [0.29, 0.717) is 11.4 Å². The van der Waals surface area contributed by atoms with Crippen molar-refractivity contribution in [3.63, 3.8) is 0 Å². The van der Waals surface area contributed by atoms with Crippen molar-refractivity contribution in [2.24, 2.45) is 0 Å². The second-order valence-electron chi connectivity index (χ2n) is 5.42. The standard InChI is InChI=1S/C15H17ClN2O2/c1-15(2,7-5-14(19)20)18-12-6-8-17-13-9-10(16)3-4-11(12)13/h3-4,6,8-9H,5,7H2,1-2H3,(H,17,18)(H,19,20). The summed E-state index contributed by atoms with van der Waals surface area (Å²) in [5.41, 5.74) is 1.44. The summed E-state index contributed by atoms with van der Waals surface area (Å²) in [5.74, 6) is -0.786. The Morgan fingerprint density at radius 3 is 2.85 bits per heavy atom. The van der Waals surface area contributed by atoms with Crippen molar-refractivity contribution < 1.29 is 9.90 Å². The molecule has 0 spiro atoms. The van der Waals surface area contributed by atoms with E-state index >= 15 is 0 Å². The highest BCUT2D eigenvalue weighted by Crippen LogP contribution is 2.28. The van der Waals surface area contributed by atoms with Gasteiger partial charge < -0.3 is 10.4 Å². The van der Waals surface area contributed by atoms with Gasteiger partial charge in [-0.2, -0.15) is 0 Å². The van der Waals surface area contributed by atoms with Gasteiger partial charge in [-0.25, -0.2) is 0 Å². The molecular formula is C15H17ClN2O2. The highest BCUT2D eigenvalue weighted by atomic mass is 35.5. The molecule has 1 heterocycles. The summed E-state index contributed by atoms with van der Waals surface area (Å²) in [6.07, 6.45) is 2.39. The third-order valence-electron chi connectivity index (χ3n) is 3.14. The second kappa shape index (κ2) is 5.67. The van der Waals surface area contributed by atoms with Gasteiger partial charge in [0.25, 0.3) is 0 Å². The van der Waals surface area contributed by atoms with E-state index in [1.807, 2.05) is 38.1 Å². The maximum Gasteiger partial charge on any atom is 0.303 e. The molecule has 0 atom stereocenters. The molecule has 0 aliphatic rings. The number of nitrogens with zero attached hydrogens (tertiary/aromatic N) is 1. The molecule has 5 heteroatoms. The number of carboxylic acid groups (broad SMARTS) is 1. The van der Waals surface area contributed by atoms with Gasteiger partial charge in [0.2, 0.25) is 0 Å². The number of halogens is 1. The minimum Gasteiger partial charge on any atom is -0.481 e. The molecule has 0 aliphatic carbocycles. The van der Waals surface area contributed by atoms with Crippen LogP contribution in [-0.4, -0.2) is 21.6 Å². The molecule has 0 aliphatic heterocycles. The van der Waals surface area contributed by atoms with Crippen LogP contribution in [0.1, 0.15) is 26.7 Å². The number of rotatable bonds is 5. The van der Waals surface area contributed by atoms with E-state index in [1.54, 1.807) is 6.20 Å². The molecule has 0 unspecified atom stereocenters.